The third-order valence-corrected chi connectivity index (χ3v) is 3.55. The van der Waals surface area contributed by atoms with Crippen molar-refractivity contribution in [1.82, 2.24) is 0 Å². The molecule has 0 amide bonds. The van der Waals surface area contributed by atoms with E-state index in [1.54, 1.807) is 0 Å². The number of hydrogen-bond acceptors (Lipinski definition) is 5. The van der Waals surface area contributed by atoms with Gasteiger partial charge in [-0.1, -0.05) is 0 Å². The van der Waals surface area contributed by atoms with Crippen molar-refractivity contribution in [3.05, 3.63) is 23.8 Å². The summed E-state index contributed by atoms with van der Waals surface area (Å²) in [6.07, 6.45) is 1.08. The molecule has 1 aromatic carbocycles. The zero-order chi connectivity index (χ0) is 13.9. The SMILES string of the molecule is COc1ccc(S(C)(=O)=O)cc1CC(N)C(=O)O. The Balaban J connectivity index is 3.19. The first-order chi connectivity index (χ1) is 8.25. The highest BCUT2D eigenvalue weighted by Crippen LogP contribution is 2.23. The molecular formula is C11H15NO5S. The lowest BCUT2D eigenvalue weighted by Gasteiger charge is -2.12. The molecule has 0 saturated carbocycles. The maximum atomic E-state index is 11.4. The molecule has 0 heterocycles. The number of carboxylic acids is 1. The van der Waals surface area contributed by atoms with Crippen LogP contribution in [-0.4, -0.2) is 38.9 Å². The molecule has 0 aromatic heterocycles. The van der Waals surface area contributed by atoms with E-state index in [4.69, 9.17) is 15.6 Å². The van der Waals surface area contributed by atoms with Crippen molar-refractivity contribution >= 4 is 15.8 Å². The van der Waals surface area contributed by atoms with Gasteiger partial charge in [0.25, 0.3) is 0 Å². The molecule has 0 fully saturated rings. The van der Waals surface area contributed by atoms with Gasteiger partial charge in [-0.05, 0) is 23.8 Å². The van der Waals surface area contributed by atoms with Gasteiger partial charge in [0.15, 0.2) is 9.84 Å². The third-order valence-electron chi connectivity index (χ3n) is 2.44. The lowest BCUT2D eigenvalue weighted by atomic mass is 10.1. The highest BCUT2D eigenvalue weighted by Gasteiger charge is 2.17. The van der Waals surface area contributed by atoms with Gasteiger partial charge in [-0.3, -0.25) is 4.79 Å². The van der Waals surface area contributed by atoms with Crippen molar-refractivity contribution in [2.45, 2.75) is 17.4 Å². The lowest BCUT2D eigenvalue weighted by Crippen LogP contribution is -2.32. The molecule has 100 valence electrons. The third kappa shape index (κ3) is 3.44. The first-order valence-electron chi connectivity index (χ1n) is 5.11. The van der Waals surface area contributed by atoms with Gasteiger partial charge in [0, 0.05) is 12.7 Å². The summed E-state index contributed by atoms with van der Waals surface area (Å²) in [6.45, 7) is 0. The van der Waals surface area contributed by atoms with Gasteiger partial charge in [-0.2, -0.15) is 0 Å². The Hall–Kier alpha value is -1.60. The molecule has 1 unspecified atom stereocenters. The van der Waals surface area contributed by atoms with E-state index < -0.39 is 21.8 Å². The van der Waals surface area contributed by atoms with Gasteiger partial charge in [0.1, 0.15) is 11.8 Å². The zero-order valence-corrected chi connectivity index (χ0v) is 10.9. The largest absolute Gasteiger partial charge is 0.496 e. The molecule has 1 atom stereocenters. The van der Waals surface area contributed by atoms with Gasteiger partial charge >= 0.3 is 5.97 Å². The summed E-state index contributed by atoms with van der Waals surface area (Å²) < 4.78 is 27.9. The van der Waals surface area contributed by atoms with Crippen LogP contribution in [0.1, 0.15) is 5.56 Å². The van der Waals surface area contributed by atoms with Crippen molar-refractivity contribution in [3.63, 3.8) is 0 Å². The van der Waals surface area contributed by atoms with Crippen molar-refractivity contribution in [2.75, 3.05) is 13.4 Å². The average molecular weight is 273 g/mol. The van der Waals surface area contributed by atoms with Gasteiger partial charge in [0.2, 0.25) is 0 Å². The standard InChI is InChI=1S/C11H15NO5S/c1-17-10-4-3-8(18(2,15)16)5-7(10)6-9(12)11(13)14/h3-5,9H,6,12H2,1-2H3,(H,13,14). The van der Waals surface area contributed by atoms with E-state index in [1.807, 2.05) is 0 Å². The lowest BCUT2D eigenvalue weighted by molar-refractivity contribution is -0.138. The first kappa shape index (κ1) is 14.5. The second kappa shape index (κ2) is 5.36. The van der Waals surface area contributed by atoms with Gasteiger partial charge < -0.3 is 15.6 Å². The molecule has 0 aliphatic carbocycles. The van der Waals surface area contributed by atoms with Crippen molar-refractivity contribution < 1.29 is 23.1 Å². The van der Waals surface area contributed by atoms with E-state index in [-0.39, 0.29) is 11.3 Å². The first-order valence-corrected chi connectivity index (χ1v) is 7.00. The average Bonchev–Trinajstić information content (AvgIpc) is 2.27. The van der Waals surface area contributed by atoms with Gasteiger partial charge in [-0.15, -0.1) is 0 Å². The van der Waals surface area contributed by atoms with Crippen LogP contribution in [0.25, 0.3) is 0 Å². The highest BCUT2D eigenvalue weighted by atomic mass is 32.2. The quantitative estimate of drug-likeness (QED) is 0.785. The number of benzene rings is 1. The molecule has 0 radical (unpaired) electrons. The summed E-state index contributed by atoms with van der Waals surface area (Å²) in [5, 5.41) is 8.75. The van der Waals surface area contributed by atoms with Crippen molar-refractivity contribution in [3.8, 4) is 5.75 Å². The van der Waals surface area contributed by atoms with E-state index in [2.05, 4.69) is 0 Å². The second-order valence-corrected chi connectivity index (χ2v) is 5.91. The van der Waals surface area contributed by atoms with Crippen LogP contribution in [0, 0.1) is 0 Å². The normalized spacial score (nSPS) is 13.1. The summed E-state index contributed by atoms with van der Waals surface area (Å²) in [7, 11) is -1.93. The molecule has 0 spiro atoms. The Labute approximate surface area is 105 Å². The maximum Gasteiger partial charge on any atom is 0.320 e. The van der Waals surface area contributed by atoms with E-state index >= 15 is 0 Å². The Kier molecular flexibility index (Phi) is 4.31. The number of carbonyl (C=O) groups is 1. The topological polar surface area (TPSA) is 107 Å². The number of rotatable bonds is 5. The Morgan fingerprint density at radius 1 is 1.50 bits per heavy atom. The van der Waals surface area contributed by atoms with Gasteiger partial charge in [-0.25, -0.2) is 8.42 Å². The molecule has 6 nitrogen and oxygen atoms in total. The van der Waals surface area contributed by atoms with Crippen LogP contribution in [-0.2, 0) is 21.1 Å². The fourth-order valence-corrected chi connectivity index (χ4v) is 2.14. The van der Waals surface area contributed by atoms with Crippen molar-refractivity contribution in [2.24, 2.45) is 5.73 Å². The van der Waals surface area contributed by atoms with E-state index in [0.29, 0.717) is 11.3 Å². The number of nitrogens with two attached hydrogens (primary N) is 1. The minimum Gasteiger partial charge on any atom is -0.496 e. The van der Waals surface area contributed by atoms with E-state index in [0.717, 1.165) is 6.26 Å². The molecule has 18 heavy (non-hydrogen) atoms. The van der Waals surface area contributed by atoms with E-state index in [1.165, 1.54) is 25.3 Å². The van der Waals surface area contributed by atoms with Crippen LogP contribution in [0.5, 0.6) is 5.75 Å². The minimum atomic E-state index is -3.35. The highest BCUT2D eigenvalue weighted by molar-refractivity contribution is 7.90. The molecule has 3 N–H and O–H groups in total. The molecule has 1 rings (SSSR count). The monoisotopic (exact) mass is 273 g/mol. The molecule has 0 bridgehead atoms. The number of methoxy groups -OCH3 is 1. The summed E-state index contributed by atoms with van der Waals surface area (Å²) in [5.74, 6) is -0.735. The Bertz CT molecular complexity index is 553. The Morgan fingerprint density at radius 2 is 2.11 bits per heavy atom. The molecule has 1 aromatic rings. The van der Waals surface area contributed by atoms with Crippen LogP contribution in [0.3, 0.4) is 0 Å². The number of ether oxygens (including phenoxy) is 1. The summed E-state index contributed by atoms with van der Waals surface area (Å²) in [6, 6.07) is 3.18. The molecule has 7 heteroatoms. The predicted molar refractivity (Wildman–Crippen MR) is 65.4 cm³/mol. The summed E-state index contributed by atoms with van der Waals surface area (Å²) in [5.41, 5.74) is 5.88. The number of carboxylic acid groups (broad SMARTS) is 1. The van der Waals surface area contributed by atoms with Crippen LogP contribution in [0.2, 0.25) is 0 Å². The zero-order valence-electron chi connectivity index (χ0n) is 10.1. The number of hydrogen-bond donors (Lipinski definition) is 2. The summed E-state index contributed by atoms with van der Waals surface area (Å²) in [4.78, 5) is 10.8. The van der Waals surface area contributed by atoms with Crippen LogP contribution in [0.4, 0.5) is 0 Å². The van der Waals surface area contributed by atoms with Crippen molar-refractivity contribution in [1.29, 1.82) is 0 Å². The molecule has 0 saturated heterocycles. The second-order valence-electron chi connectivity index (χ2n) is 3.89. The summed E-state index contributed by atoms with van der Waals surface area (Å²) >= 11 is 0. The smallest absolute Gasteiger partial charge is 0.320 e. The number of sulfone groups is 1. The van der Waals surface area contributed by atoms with Crippen LogP contribution >= 0.6 is 0 Å². The molecular weight excluding hydrogens is 258 g/mol. The molecule has 0 aliphatic rings. The maximum absolute atomic E-state index is 11.4. The minimum absolute atomic E-state index is 0.00185. The molecule has 0 aliphatic heterocycles. The number of aliphatic carboxylic acids is 1. The van der Waals surface area contributed by atoms with Gasteiger partial charge in [0.05, 0.1) is 12.0 Å². The van der Waals surface area contributed by atoms with Crippen LogP contribution < -0.4 is 10.5 Å². The predicted octanol–water partition coefficient (Wildman–Crippen LogP) is 0.0531. The fourth-order valence-electron chi connectivity index (χ4n) is 1.47. The fraction of sp³-hybridized carbons (Fsp3) is 0.364. The van der Waals surface area contributed by atoms with E-state index in [9.17, 15) is 13.2 Å². The Morgan fingerprint density at radius 3 is 2.56 bits per heavy atom. The van der Waals surface area contributed by atoms with Crippen LogP contribution in [0.15, 0.2) is 23.1 Å².